The molecule has 32 heavy (non-hydrogen) atoms. The third kappa shape index (κ3) is 3.17. The van der Waals surface area contributed by atoms with E-state index in [0.717, 1.165) is 55.6 Å². The van der Waals surface area contributed by atoms with Gasteiger partial charge >= 0.3 is 0 Å². The highest BCUT2D eigenvalue weighted by molar-refractivity contribution is 6.39. The van der Waals surface area contributed by atoms with E-state index in [0.29, 0.717) is 5.46 Å². The number of nitrogens with zero attached hydrogens (tertiary/aromatic N) is 2. The molecule has 6 aromatic rings. The summed E-state index contributed by atoms with van der Waals surface area (Å²) in [6.45, 7) is 0. The molecule has 3 heterocycles. The first-order valence-electron chi connectivity index (χ1n) is 10.5. The average Bonchev–Trinajstić information content (AvgIpc) is 3.24. The molecule has 0 aliphatic rings. The molecule has 0 saturated carbocycles. The highest BCUT2D eigenvalue weighted by Gasteiger charge is 2.11. The third-order valence-corrected chi connectivity index (χ3v) is 5.75. The van der Waals surface area contributed by atoms with Gasteiger partial charge in [0, 0.05) is 28.7 Å². The molecule has 0 fully saturated rings. The van der Waals surface area contributed by atoms with Crippen molar-refractivity contribution in [2.45, 2.75) is 0 Å². The Bertz CT molecular complexity index is 1550. The monoisotopic (exact) mass is 408 g/mol. The minimum Gasteiger partial charge on any atom is -0.457 e. The lowest BCUT2D eigenvalue weighted by Crippen LogP contribution is -2.02. The van der Waals surface area contributed by atoms with E-state index in [2.05, 4.69) is 52.4 Å². The lowest BCUT2D eigenvalue weighted by Gasteiger charge is -2.07. The molecule has 0 aliphatic carbocycles. The summed E-state index contributed by atoms with van der Waals surface area (Å²) in [6.07, 6.45) is 3.67. The fraction of sp³-hybridized carbons (Fsp3) is 0. The first-order chi connectivity index (χ1) is 15.8. The second-order valence-electron chi connectivity index (χ2n) is 7.76. The van der Waals surface area contributed by atoms with Crippen molar-refractivity contribution in [2.24, 2.45) is 0 Å². The van der Waals surface area contributed by atoms with Crippen LogP contribution >= 0.6 is 0 Å². The Morgan fingerprint density at radius 3 is 2.06 bits per heavy atom. The van der Waals surface area contributed by atoms with Gasteiger partial charge in [-0.1, -0.05) is 66.1 Å². The van der Waals surface area contributed by atoms with Crippen LogP contribution in [0.1, 0.15) is 0 Å². The van der Waals surface area contributed by atoms with Crippen LogP contribution in [-0.2, 0) is 0 Å². The van der Waals surface area contributed by atoms with Gasteiger partial charge in [0.2, 0.25) is 0 Å². The van der Waals surface area contributed by atoms with E-state index in [1.165, 1.54) is 0 Å². The van der Waals surface area contributed by atoms with E-state index in [1.54, 1.807) is 6.20 Å². The molecule has 0 aliphatic heterocycles. The molecule has 0 amide bonds. The van der Waals surface area contributed by atoms with Crippen LogP contribution in [0.25, 0.3) is 55.6 Å². The summed E-state index contributed by atoms with van der Waals surface area (Å²) in [5, 5.41) is 2.11. The highest BCUT2D eigenvalue weighted by atomic mass is 16.3. The summed E-state index contributed by atoms with van der Waals surface area (Å²) in [5.74, 6) is 0. The summed E-state index contributed by atoms with van der Waals surface area (Å²) in [5.41, 5.74) is 8.31. The standard InChI is InChI=1S/C28H17BN2O/c29-24-16-21(15-23-22-5-1-2-7-27(22)32-28(23)24)19-10-8-18(9-11-19)20-12-13-26(31-17-20)25-6-3-4-14-30-25/h1-17H. The van der Waals surface area contributed by atoms with E-state index >= 15 is 0 Å². The van der Waals surface area contributed by atoms with Crippen LogP contribution in [0.2, 0.25) is 0 Å². The van der Waals surface area contributed by atoms with Gasteiger partial charge < -0.3 is 4.42 Å². The van der Waals surface area contributed by atoms with Crippen LogP contribution < -0.4 is 5.46 Å². The molecule has 0 atom stereocenters. The smallest absolute Gasteiger partial charge is 0.135 e. The Hall–Kier alpha value is -4.18. The quantitative estimate of drug-likeness (QED) is 0.329. The van der Waals surface area contributed by atoms with Crippen LogP contribution in [0.15, 0.2) is 108 Å². The maximum atomic E-state index is 6.33. The zero-order chi connectivity index (χ0) is 21.5. The van der Waals surface area contributed by atoms with Gasteiger partial charge in [0.05, 0.1) is 11.4 Å². The van der Waals surface area contributed by atoms with Crippen molar-refractivity contribution in [3.05, 3.63) is 103 Å². The van der Waals surface area contributed by atoms with Crippen LogP contribution in [0, 0.1) is 0 Å². The summed E-state index contributed by atoms with van der Waals surface area (Å²) >= 11 is 0. The molecule has 3 nitrogen and oxygen atoms in total. The zero-order valence-electron chi connectivity index (χ0n) is 17.2. The van der Waals surface area contributed by atoms with Crippen molar-refractivity contribution in [3.8, 4) is 33.6 Å². The summed E-state index contributed by atoms with van der Waals surface area (Å²) in [7, 11) is 6.33. The van der Waals surface area contributed by atoms with E-state index in [1.807, 2.05) is 54.7 Å². The fourth-order valence-corrected chi connectivity index (χ4v) is 4.11. The number of furan rings is 1. The predicted molar refractivity (Wildman–Crippen MR) is 131 cm³/mol. The van der Waals surface area contributed by atoms with E-state index in [4.69, 9.17) is 12.3 Å². The lowest BCUT2D eigenvalue weighted by atomic mass is 9.89. The van der Waals surface area contributed by atoms with E-state index in [-0.39, 0.29) is 0 Å². The number of fused-ring (bicyclic) bond motifs is 3. The fourth-order valence-electron chi connectivity index (χ4n) is 4.11. The molecular formula is C28H17BN2O. The van der Waals surface area contributed by atoms with Gasteiger partial charge in [0.1, 0.15) is 19.0 Å². The molecule has 0 spiro atoms. The van der Waals surface area contributed by atoms with Crippen LogP contribution in [0.5, 0.6) is 0 Å². The minimum absolute atomic E-state index is 0.645. The Morgan fingerprint density at radius 1 is 0.594 bits per heavy atom. The van der Waals surface area contributed by atoms with Gasteiger partial charge in [-0.05, 0) is 47.0 Å². The van der Waals surface area contributed by atoms with Crippen molar-refractivity contribution in [1.82, 2.24) is 9.97 Å². The Labute approximate surface area is 186 Å². The minimum atomic E-state index is 0.645. The van der Waals surface area contributed by atoms with Crippen LogP contribution in [-0.4, -0.2) is 17.8 Å². The van der Waals surface area contributed by atoms with Crippen molar-refractivity contribution in [2.75, 3.05) is 0 Å². The molecule has 3 aromatic heterocycles. The maximum absolute atomic E-state index is 6.33. The molecular weight excluding hydrogens is 391 g/mol. The number of benzene rings is 3. The van der Waals surface area contributed by atoms with E-state index < -0.39 is 0 Å². The number of rotatable bonds is 3. The SMILES string of the molecule is [B]c1cc(-c2ccc(-c3ccc(-c4ccccn4)nc3)cc2)cc2c1oc1ccccc12. The number of pyridine rings is 2. The van der Waals surface area contributed by atoms with Gasteiger partial charge in [-0.25, -0.2) is 0 Å². The van der Waals surface area contributed by atoms with Gasteiger partial charge in [-0.3, -0.25) is 9.97 Å². The first-order valence-corrected chi connectivity index (χ1v) is 10.5. The summed E-state index contributed by atoms with van der Waals surface area (Å²) in [4.78, 5) is 8.95. The highest BCUT2D eigenvalue weighted by Crippen LogP contribution is 2.32. The molecule has 2 radical (unpaired) electrons. The number of aromatic nitrogens is 2. The van der Waals surface area contributed by atoms with Gasteiger partial charge in [-0.2, -0.15) is 0 Å². The molecule has 148 valence electrons. The first kappa shape index (κ1) is 18.6. The topological polar surface area (TPSA) is 38.9 Å². The molecule has 3 aromatic carbocycles. The largest absolute Gasteiger partial charge is 0.457 e. The maximum Gasteiger partial charge on any atom is 0.135 e. The van der Waals surface area contributed by atoms with Gasteiger partial charge in [-0.15, -0.1) is 0 Å². The van der Waals surface area contributed by atoms with Crippen molar-refractivity contribution >= 4 is 35.2 Å². The molecule has 6 rings (SSSR count). The molecule has 0 N–H and O–H groups in total. The Balaban J connectivity index is 1.34. The second kappa shape index (κ2) is 7.50. The van der Waals surface area contributed by atoms with E-state index in [9.17, 15) is 0 Å². The van der Waals surface area contributed by atoms with Gasteiger partial charge in [0.15, 0.2) is 0 Å². The Morgan fingerprint density at radius 2 is 1.31 bits per heavy atom. The van der Waals surface area contributed by atoms with Crippen LogP contribution in [0.3, 0.4) is 0 Å². The third-order valence-electron chi connectivity index (χ3n) is 5.75. The number of hydrogen-bond donors (Lipinski definition) is 0. The Kier molecular flexibility index (Phi) is 4.36. The lowest BCUT2D eigenvalue weighted by molar-refractivity contribution is 0.671. The summed E-state index contributed by atoms with van der Waals surface area (Å²) < 4.78 is 5.96. The predicted octanol–water partition coefficient (Wildman–Crippen LogP) is 6.17. The second-order valence-corrected chi connectivity index (χ2v) is 7.76. The molecule has 0 unspecified atom stereocenters. The van der Waals surface area contributed by atoms with Gasteiger partial charge in [0.25, 0.3) is 0 Å². The average molecular weight is 408 g/mol. The summed E-state index contributed by atoms with van der Waals surface area (Å²) in [6, 6.07) is 30.5. The normalized spacial score (nSPS) is 11.2. The van der Waals surface area contributed by atoms with Crippen LogP contribution in [0.4, 0.5) is 0 Å². The number of hydrogen-bond acceptors (Lipinski definition) is 3. The van der Waals surface area contributed by atoms with Crippen molar-refractivity contribution in [1.29, 1.82) is 0 Å². The van der Waals surface area contributed by atoms with Crippen molar-refractivity contribution in [3.63, 3.8) is 0 Å². The van der Waals surface area contributed by atoms with Crippen molar-refractivity contribution < 1.29 is 4.42 Å². The zero-order valence-corrected chi connectivity index (χ0v) is 17.2. The molecule has 0 bridgehead atoms. The molecule has 4 heteroatoms. The molecule has 0 saturated heterocycles. The number of para-hydroxylation sites is 1.